The van der Waals surface area contributed by atoms with Crippen LogP contribution in [0.4, 0.5) is 4.79 Å². The molecule has 40 heavy (non-hydrogen) atoms. The number of hydrogen-bond donors (Lipinski definition) is 3. The first-order valence-electron chi connectivity index (χ1n) is 14.2. The molecule has 12 heteroatoms. The molecule has 0 saturated heterocycles. The third kappa shape index (κ3) is 11.2. The molecular formula is C28H46N3O8P. The fourth-order valence-electron chi connectivity index (χ4n) is 4.95. The number of rotatable bonds is 17. The number of nitrogens with two attached hydrogens (primary N) is 1. The highest BCUT2D eigenvalue weighted by atomic mass is 31.2. The van der Waals surface area contributed by atoms with Crippen LogP contribution in [0.15, 0.2) is 30.3 Å². The molecule has 0 aromatic heterocycles. The van der Waals surface area contributed by atoms with E-state index in [4.69, 9.17) is 19.5 Å². The van der Waals surface area contributed by atoms with Crippen LogP contribution in [0, 0.1) is 5.92 Å². The van der Waals surface area contributed by atoms with Crippen LogP contribution < -0.4 is 11.1 Å². The molecular weight excluding hydrogens is 537 g/mol. The fourth-order valence-corrected chi connectivity index (χ4v) is 6.72. The number of aliphatic hydroxyl groups excluding tert-OH is 1. The van der Waals surface area contributed by atoms with Gasteiger partial charge in [0.25, 0.3) is 5.91 Å². The molecule has 1 aromatic rings. The summed E-state index contributed by atoms with van der Waals surface area (Å²) in [6, 6.07) is 8.59. The summed E-state index contributed by atoms with van der Waals surface area (Å²) in [5, 5.41) is 13.8. The Morgan fingerprint density at radius 3 is 2.30 bits per heavy atom. The normalized spacial score (nSPS) is 16.5. The van der Waals surface area contributed by atoms with Gasteiger partial charge in [-0.05, 0) is 44.6 Å². The van der Waals surface area contributed by atoms with Gasteiger partial charge in [0.1, 0.15) is 0 Å². The van der Waals surface area contributed by atoms with Gasteiger partial charge in [-0.2, -0.15) is 0 Å². The minimum absolute atomic E-state index is 0.00521. The Labute approximate surface area is 237 Å². The topological polar surface area (TPSA) is 157 Å². The number of nitrogens with one attached hydrogen (secondary N) is 1. The molecule has 226 valence electrons. The number of likely N-dealkylation sites (N-methyl/N-ethyl adjacent to an activating group) is 1. The molecule has 0 aliphatic heterocycles. The molecule has 0 radical (unpaired) electrons. The van der Waals surface area contributed by atoms with E-state index in [9.17, 15) is 24.1 Å². The molecule has 1 aliphatic rings. The molecule has 2 rings (SSSR count). The lowest BCUT2D eigenvalue weighted by Crippen LogP contribution is -2.49. The lowest BCUT2D eigenvalue weighted by molar-refractivity contribution is -0.133. The van der Waals surface area contributed by atoms with Gasteiger partial charge in [0.2, 0.25) is 5.91 Å². The van der Waals surface area contributed by atoms with Gasteiger partial charge in [0.05, 0.1) is 19.3 Å². The standard InChI is InChI=1S/C28H46N3O8P/c1-4-37-40(36,38-5-2)27(34)23(16-17-25(32)31(3)19-18-21-12-8-6-9-13-21)30-26(33)24(39-28(29)35)20-22-14-10-7-11-15-22/h6,8-9,12-13,22-24,27,34H,4-5,7,10-11,14-20H2,1-3H3,(H2,29,35)(H,30,33). The summed E-state index contributed by atoms with van der Waals surface area (Å²) in [5.74, 6) is -2.46. The maximum Gasteiger partial charge on any atom is 0.405 e. The van der Waals surface area contributed by atoms with Gasteiger partial charge < -0.3 is 34.8 Å². The zero-order valence-electron chi connectivity index (χ0n) is 24.0. The van der Waals surface area contributed by atoms with Crippen LogP contribution in [-0.2, 0) is 34.4 Å². The van der Waals surface area contributed by atoms with Crippen LogP contribution in [-0.4, -0.2) is 72.7 Å². The Balaban J connectivity index is 2.15. The molecule has 1 saturated carbocycles. The number of carbonyl (C=O) groups is 3. The number of aliphatic hydroxyl groups is 1. The SMILES string of the molecule is CCOP(=O)(OCC)C(O)C(CCC(=O)N(C)CCc1ccccc1)NC(=O)C(CC1CCCCC1)OC(N)=O. The average molecular weight is 584 g/mol. The maximum absolute atomic E-state index is 13.4. The van der Waals surface area contributed by atoms with Gasteiger partial charge in [-0.3, -0.25) is 14.2 Å². The van der Waals surface area contributed by atoms with Crippen LogP contribution in [0.5, 0.6) is 0 Å². The number of benzene rings is 1. The predicted octanol–water partition coefficient (Wildman–Crippen LogP) is 3.97. The first kappa shape index (κ1) is 33.7. The van der Waals surface area contributed by atoms with Crippen molar-refractivity contribution < 1.29 is 37.8 Å². The van der Waals surface area contributed by atoms with E-state index in [1.807, 2.05) is 30.3 Å². The molecule has 3 amide bonds. The summed E-state index contributed by atoms with van der Waals surface area (Å²) in [6.45, 7) is 3.71. The van der Waals surface area contributed by atoms with E-state index in [0.29, 0.717) is 13.0 Å². The number of primary amides is 1. The van der Waals surface area contributed by atoms with Crippen molar-refractivity contribution in [3.8, 4) is 0 Å². The Kier molecular flexibility index (Phi) is 14.7. The van der Waals surface area contributed by atoms with Gasteiger partial charge in [-0.25, -0.2) is 4.79 Å². The number of amides is 3. The minimum Gasteiger partial charge on any atom is -0.436 e. The molecule has 4 N–H and O–H groups in total. The lowest BCUT2D eigenvalue weighted by Gasteiger charge is -2.31. The molecule has 1 aromatic carbocycles. The van der Waals surface area contributed by atoms with Gasteiger partial charge in [-0.15, -0.1) is 0 Å². The van der Waals surface area contributed by atoms with Crippen molar-refractivity contribution in [3.63, 3.8) is 0 Å². The van der Waals surface area contributed by atoms with E-state index in [2.05, 4.69) is 5.32 Å². The molecule has 11 nitrogen and oxygen atoms in total. The van der Waals surface area contributed by atoms with Crippen LogP contribution >= 0.6 is 7.60 Å². The van der Waals surface area contributed by atoms with E-state index < -0.39 is 37.6 Å². The van der Waals surface area contributed by atoms with Crippen molar-refractivity contribution >= 4 is 25.5 Å². The van der Waals surface area contributed by atoms with E-state index in [-0.39, 0.29) is 44.3 Å². The number of ether oxygens (including phenoxy) is 1. The highest BCUT2D eigenvalue weighted by Gasteiger charge is 2.42. The van der Waals surface area contributed by atoms with E-state index in [1.165, 1.54) is 0 Å². The quantitative estimate of drug-likeness (QED) is 0.233. The van der Waals surface area contributed by atoms with Crippen molar-refractivity contribution in [2.75, 3.05) is 26.8 Å². The number of hydrogen-bond acceptors (Lipinski definition) is 8. The van der Waals surface area contributed by atoms with Crippen molar-refractivity contribution in [1.82, 2.24) is 10.2 Å². The van der Waals surface area contributed by atoms with Gasteiger partial charge in [0, 0.05) is 20.0 Å². The third-order valence-corrected chi connectivity index (χ3v) is 9.37. The fraction of sp³-hybridized carbons (Fsp3) is 0.679. The average Bonchev–Trinajstić information content (AvgIpc) is 2.94. The van der Waals surface area contributed by atoms with Gasteiger partial charge >= 0.3 is 13.7 Å². The van der Waals surface area contributed by atoms with Gasteiger partial charge in [0.15, 0.2) is 11.9 Å². The Morgan fingerprint density at radius 1 is 1.10 bits per heavy atom. The second kappa shape index (κ2) is 17.4. The van der Waals surface area contributed by atoms with Crippen molar-refractivity contribution in [2.45, 2.75) is 89.6 Å². The van der Waals surface area contributed by atoms with Crippen molar-refractivity contribution in [1.29, 1.82) is 0 Å². The zero-order chi connectivity index (χ0) is 29.5. The predicted molar refractivity (Wildman–Crippen MR) is 151 cm³/mol. The molecule has 1 fully saturated rings. The molecule has 0 bridgehead atoms. The second-order valence-electron chi connectivity index (χ2n) is 10.2. The van der Waals surface area contributed by atoms with E-state index >= 15 is 0 Å². The number of carbonyl (C=O) groups excluding carboxylic acids is 3. The van der Waals surface area contributed by atoms with Crippen LogP contribution in [0.25, 0.3) is 0 Å². The van der Waals surface area contributed by atoms with E-state index in [1.54, 1.807) is 25.8 Å². The molecule has 0 spiro atoms. The van der Waals surface area contributed by atoms with Crippen molar-refractivity contribution in [3.05, 3.63) is 35.9 Å². The molecule has 1 aliphatic carbocycles. The first-order valence-corrected chi connectivity index (χ1v) is 15.8. The highest BCUT2D eigenvalue weighted by molar-refractivity contribution is 7.54. The third-order valence-electron chi connectivity index (χ3n) is 7.13. The van der Waals surface area contributed by atoms with Crippen LogP contribution in [0.1, 0.15) is 70.8 Å². The summed E-state index contributed by atoms with van der Waals surface area (Å²) in [7, 11) is -2.39. The van der Waals surface area contributed by atoms with Crippen LogP contribution in [0.2, 0.25) is 0 Å². The Hall–Kier alpha value is -2.46. The Bertz CT molecular complexity index is 964. The van der Waals surface area contributed by atoms with Crippen LogP contribution in [0.3, 0.4) is 0 Å². The summed E-state index contributed by atoms with van der Waals surface area (Å²) in [6.07, 6.45) is 3.60. The first-order chi connectivity index (χ1) is 19.1. The molecule has 3 atom stereocenters. The van der Waals surface area contributed by atoms with Gasteiger partial charge in [-0.1, -0.05) is 62.4 Å². The smallest absolute Gasteiger partial charge is 0.405 e. The monoisotopic (exact) mass is 583 g/mol. The minimum atomic E-state index is -4.07. The Morgan fingerprint density at radius 2 is 1.73 bits per heavy atom. The van der Waals surface area contributed by atoms with E-state index in [0.717, 1.165) is 37.7 Å². The number of nitrogens with zero attached hydrogens (tertiary/aromatic N) is 1. The summed E-state index contributed by atoms with van der Waals surface area (Å²) in [4.78, 5) is 39.4. The lowest BCUT2D eigenvalue weighted by atomic mass is 9.85. The highest BCUT2D eigenvalue weighted by Crippen LogP contribution is 2.53. The summed E-state index contributed by atoms with van der Waals surface area (Å²) in [5.41, 5.74) is 6.35. The van der Waals surface area contributed by atoms with Crippen molar-refractivity contribution in [2.24, 2.45) is 11.7 Å². The summed E-state index contributed by atoms with van der Waals surface area (Å²) < 4.78 is 29.2. The largest absolute Gasteiger partial charge is 0.436 e. The zero-order valence-corrected chi connectivity index (χ0v) is 24.9. The molecule has 0 heterocycles. The maximum atomic E-state index is 13.4. The summed E-state index contributed by atoms with van der Waals surface area (Å²) >= 11 is 0. The second-order valence-corrected chi connectivity index (χ2v) is 12.3. The molecule has 3 unspecified atom stereocenters.